The molecule has 3 aromatic rings. The molecule has 0 fully saturated rings. The smallest absolute Gasteiger partial charge is 0.264 e. The molecule has 1 aliphatic rings. The maximum Gasteiger partial charge on any atom is 0.264 e. The summed E-state index contributed by atoms with van der Waals surface area (Å²) in [6, 6.07) is 9.97. The molecule has 0 saturated heterocycles. The molecule has 0 atom stereocenters. The highest BCUT2D eigenvalue weighted by atomic mass is 32.1. The van der Waals surface area contributed by atoms with E-state index in [1.165, 1.54) is 10.4 Å². The maximum atomic E-state index is 13.3. The van der Waals surface area contributed by atoms with Gasteiger partial charge in [0.2, 0.25) is 5.95 Å². The van der Waals surface area contributed by atoms with Gasteiger partial charge in [0, 0.05) is 10.6 Å². The van der Waals surface area contributed by atoms with E-state index in [9.17, 15) is 4.79 Å². The van der Waals surface area contributed by atoms with E-state index in [1.807, 2.05) is 37.3 Å². The number of rotatable bonds is 5. The molecule has 0 unspecified atom stereocenters. The number of aryl methyl sites for hydroxylation is 2. The lowest BCUT2D eigenvalue weighted by Gasteiger charge is -2.15. The summed E-state index contributed by atoms with van der Waals surface area (Å²) in [5.74, 6) is 0.518. The lowest BCUT2D eigenvalue weighted by atomic mass is 10.2. The zero-order valence-electron chi connectivity index (χ0n) is 14.1. The molecule has 1 aliphatic carbocycles. The van der Waals surface area contributed by atoms with E-state index in [0.717, 1.165) is 40.7 Å². The van der Waals surface area contributed by atoms with Crippen molar-refractivity contribution in [2.75, 3.05) is 5.43 Å². The van der Waals surface area contributed by atoms with Crippen LogP contribution in [0, 0.1) is 0 Å². The Kier molecular flexibility index (Phi) is 4.05. The van der Waals surface area contributed by atoms with Gasteiger partial charge in [0.05, 0.1) is 11.9 Å². The maximum absolute atomic E-state index is 13.3. The van der Waals surface area contributed by atoms with E-state index in [1.54, 1.807) is 15.9 Å². The first-order valence-corrected chi connectivity index (χ1v) is 9.21. The number of allylic oxidation sites excluding steroid dienone is 1. The monoisotopic (exact) mass is 352 g/mol. The molecule has 6 heteroatoms. The lowest BCUT2D eigenvalue weighted by molar-refractivity contribution is 0.739. The van der Waals surface area contributed by atoms with Gasteiger partial charge in [0.1, 0.15) is 4.83 Å². The Hall–Kier alpha value is -2.60. The Morgan fingerprint density at radius 3 is 2.88 bits per heavy atom. The minimum Gasteiger partial charge on any atom is -0.303 e. The highest BCUT2D eigenvalue weighted by Crippen LogP contribution is 2.35. The van der Waals surface area contributed by atoms with Crippen LogP contribution < -0.4 is 16.4 Å². The van der Waals surface area contributed by atoms with E-state index in [2.05, 4.69) is 17.4 Å². The third-order valence-corrected chi connectivity index (χ3v) is 5.58. The van der Waals surface area contributed by atoms with Crippen molar-refractivity contribution in [2.45, 2.75) is 32.7 Å². The first kappa shape index (κ1) is 15.9. The van der Waals surface area contributed by atoms with Crippen LogP contribution in [-0.4, -0.2) is 9.55 Å². The highest BCUT2D eigenvalue weighted by Gasteiger charge is 2.23. The molecule has 2 aromatic heterocycles. The number of benzene rings is 1. The fraction of sp³-hybridized carbons (Fsp3) is 0.263. The fourth-order valence-corrected chi connectivity index (χ4v) is 4.50. The molecule has 0 spiro atoms. The molecule has 2 heterocycles. The number of hydrogen-bond acceptors (Lipinski definition) is 5. The molecule has 128 valence electrons. The van der Waals surface area contributed by atoms with E-state index in [-0.39, 0.29) is 5.56 Å². The zero-order valence-corrected chi connectivity index (χ0v) is 14.9. The minimum absolute atomic E-state index is 0.0271. The van der Waals surface area contributed by atoms with Crippen LogP contribution in [0.25, 0.3) is 10.2 Å². The number of aromatic nitrogens is 2. The Balaban J connectivity index is 1.86. The van der Waals surface area contributed by atoms with Gasteiger partial charge in [-0.15, -0.1) is 11.3 Å². The molecule has 0 amide bonds. The van der Waals surface area contributed by atoms with Crippen LogP contribution in [0.1, 0.15) is 29.3 Å². The van der Waals surface area contributed by atoms with Crippen molar-refractivity contribution in [1.29, 1.82) is 0 Å². The van der Waals surface area contributed by atoms with Crippen LogP contribution in [0.4, 0.5) is 5.95 Å². The van der Waals surface area contributed by atoms with Crippen LogP contribution in [0.5, 0.6) is 0 Å². The molecule has 0 saturated carbocycles. The van der Waals surface area contributed by atoms with E-state index < -0.39 is 0 Å². The minimum atomic E-state index is 0.0271. The van der Waals surface area contributed by atoms with Gasteiger partial charge in [-0.25, -0.2) is 4.98 Å². The molecule has 1 aromatic carbocycles. The Morgan fingerprint density at radius 1 is 1.32 bits per heavy atom. The summed E-state index contributed by atoms with van der Waals surface area (Å²) >= 11 is 1.65. The Bertz CT molecular complexity index is 1000. The van der Waals surface area contributed by atoms with Crippen molar-refractivity contribution >= 4 is 27.5 Å². The number of hydrogen-bond donors (Lipinski definition) is 2. The first-order valence-electron chi connectivity index (χ1n) is 8.40. The average Bonchev–Trinajstić information content (AvgIpc) is 3.17. The summed E-state index contributed by atoms with van der Waals surface area (Å²) < 4.78 is 1.71. The van der Waals surface area contributed by atoms with Crippen molar-refractivity contribution in [3.05, 3.63) is 69.0 Å². The van der Waals surface area contributed by atoms with Crippen LogP contribution in [-0.2, 0) is 19.4 Å². The number of fused-ring (bicyclic) bond motifs is 3. The second-order valence-electron chi connectivity index (χ2n) is 6.38. The van der Waals surface area contributed by atoms with Gasteiger partial charge >= 0.3 is 0 Å². The molecule has 0 aliphatic heterocycles. The van der Waals surface area contributed by atoms with E-state index in [0.29, 0.717) is 12.5 Å². The molecule has 25 heavy (non-hydrogen) atoms. The molecule has 0 radical (unpaired) electrons. The number of thiophene rings is 1. The third kappa shape index (κ3) is 2.93. The van der Waals surface area contributed by atoms with E-state index in [4.69, 9.17) is 4.98 Å². The van der Waals surface area contributed by atoms with Gasteiger partial charge in [-0.05, 0) is 37.3 Å². The average molecular weight is 352 g/mol. The van der Waals surface area contributed by atoms with Crippen LogP contribution in [0.15, 0.2) is 47.4 Å². The van der Waals surface area contributed by atoms with Gasteiger partial charge < -0.3 is 5.43 Å². The third-order valence-electron chi connectivity index (χ3n) is 4.40. The molecule has 4 rings (SSSR count). The highest BCUT2D eigenvalue weighted by molar-refractivity contribution is 7.18. The summed E-state index contributed by atoms with van der Waals surface area (Å²) in [7, 11) is 0. The Labute approximate surface area is 150 Å². The van der Waals surface area contributed by atoms with E-state index >= 15 is 0 Å². The van der Waals surface area contributed by atoms with Crippen molar-refractivity contribution in [3.8, 4) is 0 Å². The standard InChI is InChI=1S/C19H20N4OS/c1-12(2)21-22-19-20-17-16(14-9-6-10-15(14)25-17)18(24)23(19)11-13-7-4-3-5-8-13/h3-5,7-8,21H,1,6,9-11H2,2H3,(H,20,22). The summed E-state index contributed by atoms with van der Waals surface area (Å²) in [4.78, 5) is 20.1. The van der Waals surface area contributed by atoms with Crippen LogP contribution >= 0.6 is 11.3 Å². The molecule has 2 N–H and O–H groups in total. The van der Waals surface area contributed by atoms with Crippen molar-refractivity contribution in [1.82, 2.24) is 15.0 Å². The number of nitrogens with one attached hydrogen (secondary N) is 2. The lowest BCUT2D eigenvalue weighted by Crippen LogP contribution is -2.30. The largest absolute Gasteiger partial charge is 0.303 e. The zero-order chi connectivity index (χ0) is 17.4. The summed E-state index contributed by atoms with van der Waals surface area (Å²) in [5, 5.41) is 0.800. The van der Waals surface area contributed by atoms with Gasteiger partial charge in [-0.2, -0.15) is 0 Å². The summed E-state index contributed by atoms with van der Waals surface area (Å²) in [6.07, 6.45) is 3.17. The van der Waals surface area contributed by atoms with Gasteiger partial charge in [0.25, 0.3) is 5.56 Å². The summed E-state index contributed by atoms with van der Waals surface area (Å²) in [5.41, 5.74) is 9.07. The second kappa shape index (κ2) is 6.37. The summed E-state index contributed by atoms with van der Waals surface area (Å²) in [6.45, 7) is 6.15. The first-order chi connectivity index (χ1) is 12.1. The molecule has 5 nitrogen and oxygen atoms in total. The Morgan fingerprint density at radius 2 is 2.12 bits per heavy atom. The number of anilines is 1. The van der Waals surface area contributed by atoms with Crippen LogP contribution in [0.2, 0.25) is 0 Å². The normalized spacial score (nSPS) is 13.0. The predicted molar refractivity (Wildman–Crippen MR) is 103 cm³/mol. The van der Waals surface area contributed by atoms with Gasteiger partial charge in [-0.1, -0.05) is 36.9 Å². The van der Waals surface area contributed by atoms with Gasteiger partial charge in [0.15, 0.2) is 0 Å². The van der Waals surface area contributed by atoms with Crippen molar-refractivity contribution in [2.24, 2.45) is 0 Å². The van der Waals surface area contributed by atoms with Crippen LogP contribution in [0.3, 0.4) is 0 Å². The second-order valence-corrected chi connectivity index (χ2v) is 7.46. The van der Waals surface area contributed by atoms with Gasteiger partial charge in [-0.3, -0.25) is 14.8 Å². The molecular formula is C19H20N4OS. The quantitative estimate of drug-likeness (QED) is 0.691. The fourth-order valence-electron chi connectivity index (χ4n) is 3.25. The van der Waals surface area contributed by atoms with Crippen molar-refractivity contribution in [3.63, 3.8) is 0 Å². The van der Waals surface area contributed by atoms with Crippen molar-refractivity contribution < 1.29 is 0 Å². The molecular weight excluding hydrogens is 332 g/mol. The number of nitrogens with zero attached hydrogens (tertiary/aromatic N) is 2. The SMILES string of the molecule is C=C(C)NNc1nc2sc3c(c2c(=O)n1Cc1ccccc1)CCC3. The number of hydrazine groups is 1. The molecule has 0 bridgehead atoms. The topological polar surface area (TPSA) is 59.0 Å². The predicted octanol–water partition coefficient (Wildman–Crippen LogP) is 3.45.